The highest BCUT2D eigenvalue weighted by molar-refractivity contribution is 7.92. The van der Waals surface area contributed by atoms with Gasteiger partial charge in [0.2, 0.25) is 10.0 Å². The molecule has 27 heavy (non-hydrogen) atoms. The van der Waals surface area contributed by atoms with Gasteiger partial charge >= 0.3 is 0 Å². The lowest BCUT2D eigenvalue weighted by atomic mass is 10.2. The molecule has 0 aliphatic rings. The highest BCUT2D eigenvalue weighted by Gasteiger charge is 2.23. The van der Waals surface area contributed by atoms with E-state index in [1.54, 1.807) is 55.6 Å². The van der Waals surface area contributed by atoms with E-state index >= 15 is 0 Å². The fourth-order valence-electron chi connectivity index (χ4n) is 2.25. The zero-order chi connectivity index (χ0) is 19.9. The van der Waals surface area contributed by atoms with Gasteiger partial charge in [0.05, 0.1) is 32.4 Å². The van der Waals surface area contributed by atoms with Crippen LogP contribution in [0.25, 0.3) is 0 Å². The number of hydrazone groups is 1. The minimum Gasteiger partial charge on any atom is -0.497 e. The monoisotopic (exact) mass is 391 g/mol. The Kier molecular flexibility index (Phi) is 6.78. The van der Waals surface area contributed by atoms with Crippen LogP contribution in [0.3, 0.4) is 0 Å². The van der Waals surface area contributed by atoms with Gasteiger partial charge in [0.25, 0.3) is 5.91 Å². The number of amides is 1. The van der Waals surface area contributed by atoms with Gasteiger partial charge in [0, 0.05) is 0 Å². The molecule has 1 N–H and O–H groups in total. The predicted octanol–water partition coefficient (Wildman–Crippen LogP) is 1.62. The Balaban J connectivity index is 2.09. The molecule has 0 saturated carbocycles. The van der Waals surface area contributed by atoms with Crippen LogP contribution in [0.5, 0.6) is 11.5 Å². The number of nitrogens with one attached hydrogen (secondary N) is 1. The quantitative estimate of drug-likeness (QED) is 0.545. The summed E-state index contributed by atoms with van der Waals surface area (Å²) in [4.78, 5) is 12.2. The number of methoxy groups -OCH3 is 2. The van der Waals surface area contributed by atoms with E-state index in [-0.39, 0.29) is 5.69 Å². The lowest BCUT2D eigenvalue weighted by Gasteiger charge is -2.23. The number of benzene rings is 2. The molecule has 0 radical (unpaired) electrons. The zero-order valence-corrected chi connectivity index (χ0v) is 16.1. The number of carbonyl (C=O) groups excluding carboxylic acids is 1. The van der Waals surface area contributed by atoms with Crippen LogP contribution in [-0.2, 0) is 14.8 Å². The fourth-order valence-corrected chi connectivity index (χ4v) is 3.11. The van der Waals surface area contributed by atoms with Crippen molar-refractivity contribution in [2.24, 2.45) is 5.10 Å². The molecule has 0 aliphatic carbocycles. The summed E-state index contributed by atoms with van der Waals surface area (Å²) in [5, 5.41) is 3.85. The second-order valence-corrected chi connectivity index (χ2v) is 7.41. The summed E-state index contributed by atoms with van der Waals surface area (Å²) < 4.78 is 35.5. The molecule has 9 heteroatoms. The summed E-state index contributed by atoms with van der Waals surface area (Å²) in [5.74, 6) is 0.463. The Morgan fingerprint density at radius 3 is 2.37 bits per heavy atom. The average Bonchev–Trinajstić information content (AvgIpc) is 2.66. The van der Waals surface area contributed by atoms with Gasteiger partial charge in [0.15, 0.2) is 0 Å². The maximum Gasteiger partial charge on any atom is 0.260 e. The van der Waals surface area contributed by atoms with E-state index in [2.05, 4.69) is 10.5 Å². The molecule has 0 heterocycles. The third-order valence-electron chi connectivity index (χ3n) is 3.56. The van der Waals surface area contributed by atoms with Crippen LogP contribution < -0.4 is 19.2 Å². The van der Waals surface area contributed by atoms with Crippen LogP contribution in [0.15, 0.2) is 53.6 Å². The van der Waals surface area contributed by atoms with Gasteiger partial charge in [-0.25, -0.2) is 13.8 Å². The Morgan fingerprint density at radius 1 is 1.11 bits per heavy atom. The normalized spacial score (nSPS) is 11.2. The van der Waals surface area contributed by atoms with Crippen molar-refractivity contribution in [3.05, 3.63) is 54.1 Å². The third kappa shape index (κ3) is 5.71. The first-order valence-corrected chi connectivity index (χ1v) is 9.76. The lowest BCUT2D eigenvalue weighted by molar-refractivity contribution is -0.119. The number of carbonyl (C=O) groups is 1. The maximum absolute atomic E-state index is 12.2. The summed E-state index contributed by atoms with van der Waals surface area (Å²) in [5.41, 5.74) is 3.35. The van der Waals surface area contributed by atoms with Gasteiger partial charge in [-0.1, -0.05) is 12.1 Å². The van der Waals surface area contributed by atoms with Crippen molar-refractivity contribution in [1.82, 2.24) is 5.43 Å². The largest absolute Gasteiger partial charge is 0.497 e. The number of anilines is 1. The average molecular weight is 391 g/mol. The Morgan fingerprint density at radius 2 is 1.78 bits per heavy atom. The van der Waals surface area contributed by atoms with Crippen LogP contribution in [0.4, 0.5) is 5.69 Å². The topological polar surface area (TPSA) is 97.3 Å². The van der Waals surface area contributed by atoms with Crippen LogP contribution in [0, 0.1) is 0 Å². The van der Waals surface area contributed by atoms with E-state index in [0.717, 1.165) is 16.1 Å². The molecular weight excluding hydrogens is 370 g/mol. The van der Waals surface area contributed by atoms with Crippen molar-refractivity contribution in [3.63, 3.8) is 0 Å². The summed E-state index contributed by atoms with van der Waals surface area (Å²) in [6, 6.07) is 13.6. The molecule has 1 amide bonds. The van der Waals surface area contributed by atoms with Crippen LogP contribution in [0.1, 0.15) is 5.56 Å². The fraction of sp³-hybridized carbons (Fsp3) is 0.222. The number of hydrogen-bond acceptors (Lipinski definition) is 6. The first kappa shape index (κ1) is 20.2. The first-order valence-electron chi connectivity index (χ1n) is 7.92. The molecule has 0 atom stereocenters. The number of hydrogen-bond donors (Lipinski definition) is 1. The van der Waals surface area contributed by atoms with E-state index in [1.165, 1.54) is 13.3 Å². The van der Waals surface area contributed by atoms with Gasteiger partial charge in [-0.2, -0.15) is 5.10 Å². The lowest BCUT2D eigenvalue weighted by Crippen LogP contribution is -2.39. The number of nitrogens with zero attached hydrogens (tertiary/aromatic N) is 2. The standard InChI is InChI=1S/C18H21N3O5S/c1-25-15-10-8-14(9-11-15)12-19-20-18(22)13-21(27(3,23)24)16-6-4-5-7-17(16)26-2/h4-12H,13H2,1-3H3,(H,20,22)/b19-12-. The molecule has 0 aliphatic heterocycles. The second-order valence-electron chi connectivity index (χ2n) is 5.51. The zero-order valence-electron chi connectivity index (χ0n) is 15.2. The molecule has 0 spiro atoms. The van der Waals surface area contributed by atoms with Gasteiger partial charge in [-0.3, -0.25) is 9.10 Å². The summed E-state index contributed by atoms with van der Waals surface area (Å²) >= 11 is 0. The Bertz CT molecular complexity index is 911. The van der Waals surface area contributed by atoms with E-state index in [4.69, 9.17) is 9.47 Å². The van der Waals surface area contributed by atoms with Gasteiger partial charge in [-0.15, -0.1) is 0 Å². The molecule has 0 unspecified atom stereocenters. The third-order valence-corrected chi connectivity index (χ3v) is 4.69. The molecule has 2 aromatic rings. The number of rotatable bonds is 8. The number of para-hydroxylation sites is 2. The van der Waals surface area contributed by atoms with E-state index in [9.17, 15) is 13.2 Å². The summed E-state index contributed by atoms with van der Waals surface area (Å²) in [6.07, 6.45) is 2.47. The number of sulfonamides is 1. The van der Waals surface area contributed by atoms with Crippen molar-refractivity contribution >= 4 is 27.8 Å². The van der Waals surface area contributed by atoms with Crippen molar-refractivity contribution < 1.29 is 22.7 Å². The smallest absolute Gasteiger partial charge is 0.260 e. The van der Waals surface area contributed by atoms with Crippen LogP contribution in [-0.4, -0.2) is 47.6 Å². The highest BCUT2D eigenvalue weighted by atomic mass is 32.2. The predicted molar refractivity (Wildman–Crippen MR) is 104 cm³/mol. The van der Waals surface area contributed by atoms with Gasteiger partial charge in [-0.05, 0) is 42.0 Å². The molecule has 0 fully saturated rings. The summed E-state index contributed by atoms with van der Waals surface area (Å²) in [6.45, 7) is -0.431. The minimum absolute atomic E-state index is 0.275. The van der Waals surface area contributed by atoms with Gasteiger partial charge in [0.1, 0.15) is 18.0 Å². The molecule has 0 aromatic heterocycles. The van der Waals surface area contributed by atoms with Crippen molar-refractivity contribution in [2.75, 3.05) is 31.3 Å². The van der Waals surface area contributed by atoms with Crippen molar-refractivity contribution in [1.29, 1.82) is 0 Å². The molecule has 144 valence electrons. The highest BCUT2D eigenvalue weighted by Crippen LogP contribution is 2.29. The van der Waals surface area contributed by atoms with Crippen LogP contribution in [0.2, 0.25) is 0 Å². The van der Waals surface area contributed by atoms with E-state index in [0.29, 0.717) is 11.5 Å². The first-order chi connectivity index (χ1) is 12.8. The molecule has 2 aromatic carbocycles. The molecule has 2 rings (SSSR count). The Hall–Kier alpha value is -3.07. The van der Waals surface area contributed by atoms with Gasteiger partial charge < -0.3 is 9.47 Å². The van der Waals surface area contributed by atoms with Crippen LogP contribution >= 0.6 is 0 Å². The SMILES string of the molecule is COc1ccc(/C=N\NC(=O)CN(c2ccccc2OC)S(C)(=O)=O)cc1. The molecule has 0 saturated heterocycles. The van der Waals surface area contributed by atoms with E-state index in [1.807, 2.05) is 0 Å². The summed E-state index contributed by atoms with van der Waals surface area (Å²) in [7, 11) is -0.707. The minimum atomic E-state index is -3.70. The maximum atomic E-state index is 12.2. The van der Waals surface area contributed by atoms with Crippen molar-refractivity contribution in [3.8, 4) is 11.5 Å². The number of ether oxygens (including phenoxy) is 2. The molecule has 0 bridgehead atoms. The molecule has 8 nitrogen and oxygen atoms in total. The second kappa shape index (κ2) is 9.04. The van der Waals surface area contributed by atoms with Crippen molar-refractivity contribution in [2.45, 2.75) is 0 Å². The van der Waals surface area contributed by atoms with E-state index < -0.39 is 22.5 Å². The Labute approximate surface area is 158 Å². The molecular formula is C18H21N3O5S.